The number of hydrogen-bond acceptors (Lipinski definition) is 7. The molecule has 0 atom stereocenters. The molecule has 2 aromatic carbocycles. The van der Waals surface area contributed by atoms with Crippen molar-refractivity contribution in [2.24, 2.45) is 0 Å². The molecule has 39 heavy (non-hydrogen) atoms. The van der Waals surface area contributed by atoms with Gasteiger partial charge in [-0.15, -0.1) is 11.3 Å². The second-order valence-electron chi connectivity index (χ2n) is 7.88. The molecule has 0 aliphatic carbocycles. The summed E-state index contributed by atoms with van der Waals surface area (Å²) in [6.45, 7) is 11.8. The molecule has 0 spiro atoms. The molecule has 4 rings (SSSR count). The van der Waals surface area contributed by atoms with E-state index in [0.29, 0.717) is 33.5 Å². The highest BCUT2D eigenvalue weighted by Gasteiger charge is 2.25. The number of ether oxygens (including phenoxy) is 1. The number of fused-ring (bicyclic) bond motifs is 1. The van der Waals surface area contributed by atoms with Crippen molar-refractivity contribution in [2.75, 3.05) is 18.5 Å². The van der Waals surface area contributed by atoms with Gasteiger partial charge in [0.2, 0.25) is 0 Å². The standard InChI is InChI=1S/C21H14Br2N2O3S.2C3H8O.C2H6/c1-10-24-19(9-29-10)13-3-4-18-14(8-13)15(21(27)25-18)5-12-6-16(22)20(17(23)7-12)28-11(2)26;2*1-2-3-4;1-2/h3-9H,1-2H3,(H,25,27);2*4H,2-3H2,1H3;1-2H3/b15-5-;;;. The molecule has 0 saturated heterocycles. The Morgan fingerprint density at radius 1 is 1.08 bits per heavy atom. The van der Waals surface area contributed by atoms with Crippen LogP contribution in [0.4, 0.5) is 5.69 Å². The molecule has 2 heterocycles. The first-order chi connectivity index (χ1) is 18.6. The average molecular weight is 684 g/mol. The van der Waals surface area contributed by atoms with Crippen LogP contribution in [0.15, 0.2) is 44.7 Å². The number of anilines is 1. The molecule has 3 aromatic rings. The second kappa shape index (κ2) is 18.1. The van der Waals surface area contributed by atoms with Crippen LogP contribution in [-0.2, 0) is 9.59 Å². The monoisotopic (exact) mass is 682 g/mol. The van der Waals surface area contributed by atoms with Crippen molar-refractivity contribution in [2.45, 2.75) is 54.4 Å². The Morgan fingerprint density at radius 2 is 1.64 bits per heavy atom. The molecule has 0 radical (unpaired) electrons. The number of aromatic nitrogens is 1. The number of rotatable bonds is 5. The Balaban J connectivity index is 0.000000663. The topological polar surface area (TPSA) is 109 Å². The van der Waals surface area contributed by atoms with Crippen LogP contribution in [-0.4, -0.2) is 40.3 Å². The van der Waals surface area contributed by atoms with Crippen LogP contribution in [0.3, 0.4) is 0 Å². The van der Waals surface area contributed by atoms with Gasteiger partial charge in [0.25, 0.3) is 5.91 Å². The smallest absolute Gasteiger partial charge is 0.308 e. The lowest BCUT2D eigenvalue weighted by atomic mass is 10.0. The fourth-order valence-electron chi connectivity index (χ4n) is 3.06. The zero-order chi connectivity index (χ0) is 29.5. The van der Waals surface area contributed by atoms with Crippen molar-refractivity contribution in [3.8, 4) is 17.0 Å². The van der Waals surface area contributed by atoms with E-state index in [1.807, 2.05) is 64.3 Å². The summed E-state index contributed by atoms with van der Waals surface area (Å²) in [6.07, 6.45) is 3.56. The number of hydrogen-bond donors (Lipinski definition) is 3. The highest BCUT2D eigenvalue weighted by atomic mass is 79.9. The number of nitrogens with one attached hydrogen (secondary N) is 1. The van der Waals surface area contributed by atoms with Crippen LogP contribution >= 0.6 is 43.2 Å². The van der Waals surface area contributed by atoms with E-state index in [1.54, 1.807) is 23.5 Å². The first-order valence-electron chi connectivity index (χ1n) is 12.6. The molecule has 1 amide bonds. The number of aryl methyl sites for hydroxylation is 1. The van der Waals surface area contributed by atoms with E-state index < -0.39 is 5.97 Å². The summed E-state index contributed by atoms with van der Waals surface area (Å²) in [5, 5.41) is 21.7. The van der Waals surface area contributed by atoms with E-state index in [2.05, 4.69) is 42.2 Å². The van der Waals surface area contributed by atoms with Gasteiger partial charge in [0.1, 0.15) is 0 Å². The minimum absolute atomic E-state index is 0.164. The largest absolute Gasteiger partial charge is 0.424 e. The van der Waals surface area contributed by atoms with Crippen molar-refractivity contribution in [3.63, 3.8) is 0 Å². The molecular formula is C29H36Br2N2O5S. The highest BCUT2D eigenvalue weighted by molar-refractivity contribution is 9.11. The van der Waals surface area contributed by atoms with Crippen LogP contribution in [0, 0.1) is 6.92 Å². The third-order valence-electron chi connectivity index (χ3n) is 4.74. The van der Waals surface area contributed by atoms with Crippen molar-refractivity contribution in [1.82, 2.24) is 4.98 Å². The molecule has 7 nitrogen and oxygen atoms in total. The maximum atomic E-state index is 12.6. The molecule has 1 aliphatic rings. The van der Waals surface area contributed by atoms with Crippen LogP contribution < -0.4 is 10.1 Å². The van der Waals surface area contributed by atoms with Gasteiger partial charge in [-0.05, 0) is 87.5 Å². The fourth-order valence-corrected chi connectivity index (χ4v) is 5.06. The van der Waals surface area contributed by atoms with Crippen molar-refractivity contribution in [1.29, 1.82) is 0 Å². The Hall–Kier alpha value is -2.37. The van der Waals surface area contributed by atoms with Gasteiger partial charge in [0, 0.05) is 47.9 Å². The number of thiazole rings is 1. The van der Waals surface area contributed by atoms with E-state index in [9.17, 15) is 9.59 Å². The Bertz CT molecular complexity index is 1240. The van der Waals surface area contributed by atoms with Crippen molar-refractivity contribution in [3.05, 3.63) is 60.8 Å². The summed E-state index contributed by atoms with van der Waals surface area (Å²) < 4.78 is 6.43. The van der Waals surface area contributed by atoms with Gasteiger partial charge in [-0.3, -0.25) is 9.59 Å². The number of amides is 1. The van der Waals surface area contributed by atoms with E-state index in [1.165, 1.54) is 6.92 Å². The minimum Gasteiger partial charge on any atom is -0.424 e. The van der Waals surface area contributed by atoms with Crippen LogP contribution in [0.5, 0.6) is 5.75 Å². The number of carbonyl (C=O) groups is 2. The number of aliphatic hydroxyl groups is 2. The molecule has 10 heteroatoms. The molecule has 1 aromatic heterocycles. The highest BCUT2D eigenvalue weighted by Crippen LogP contribution is 2.39. The van der Waals surface area contributed by atoms with Gasteiger partial charge in [0.15, 0.2) is 5.75 Å². The number of esters is 1. The summed E-state index contributed by atoms with van der Waals surface area (Å²) >= 11 is 8.44. The fraction of sp³-hybridized carbons (Fsp3) is 0.345. The third kappa shape index (κ3) is 10.6. The Morgan fingerprint density at radius 3 is 2.10 bits per heavy atom. The summed E-state index contributed by atoms with van der Waals surface area (Å²) in [7, 11) is 0. The van der Waals surface area contributed by atoms with Crippen LogP contribution in [0.2, 0.25) is 0 Å². The van der Waals surface area contributed by atoms with E-state index in [4.69, 9.17) is 14.9 Å². The lowest BCUT2D eigenvalue weighted by Gasteiger charge is -2.08. The molecule has 212 valence electrons. The van der Waals surface area contributed by atoms with Gasteiger partial charge in [-0.2, -0.15) is 0 Å². The number of nitrogens with zero attached hydrogens (tertiary/aromatic N) is 1. The van der Waals surface area contributed by atoms with Gasteiger partial charge in [0.05, 0.1) is 19.6 Å². The summed E-state index contributed by atoms with van der Waals surface area (Å²) in [5.74, 6) is -0.175. The Kier molecular flexibility index (Phi) is 16.1. The van der Waals surface area contributed by atoms with Crippen molar-refractivity contribution < 1.29 is 24.5 Å². The SMILES string of the molecule is CC.CC(=O)Oc1c(Br)cc(/C=C2\C(=O)Nc3ccc(-c4csc(C)n4)cc32)cc1Br.CCCO.CCCO. The van der Waals surface area contributed by atoms with Crippen molar-refractivity contribution >= 4 is 72.4 Å². The van der Waals surface area contributed by atoms with E-state index >= 15 is 0 Å². The lowest BCUT2D eigenvalue weighted by Crippen LogP contribution is -2.04. The maximum absolute atomic E-state index is 12.6. The predicted octanol–water partition coefficient (Wildman–Crippen LogP) is 7.87. The molecule has 0 unspecified atom stereocenters. The molecule has 1 aliphatic heterocycles. The number of benzene rings is 2. The Labute approximate surface area is 251 Å². The number of carbonyl (C=O) groups excluding carboxylic acids is 2. The second-order valence-corrected chi connectivity index (χ2v) is 10.6. The van der Waals surface area contributed by atoms with Crippen LogP contribution in [0.25, 0.3) is 22.9 Å². The quantitative estimate of drug-likeness (QED) is 0.144. The van der Waals surface area contributed by atoms with Gasteiger partial charge in [-0.1, -0.05) is 33.8 Å². The predicted molar refractivity (Wildman–Crippen MR) is 168 cm³/mol. The lowest BCUT2D eigenvalue weighted by molar-refractivity contribution is -0.132. The molecule has 0 bridgehead atoms. The van der Waals surface area contributed by atoms with Gasteiger partial charge < -0.3 is 20.3 Å². The number of halogens is 2. The van der Waals surface area contributed by atoms with E-state index in [-0.39, 0.29) is 5.91 Å². The third-order valence-corrected chi connectivity index (χ3v) is 6.69. The van der Waals surface area contributed by atoms with E-state index in [0.717, 1.165) is 45.9 Å². The summed E-state index contributed by atoms with van der Waals surface area (Å²) in [5.41, 5.74) is 4.80. The molecule has 0 fully saturated rings. The molecule has 0 saturated carbocycles. The van der Waals surface area contributed by atoms with Gasteiger partial charge in [-0.25, -0.2) is 4.98 Å². The minimum atomic E-state index is -0.411. The number of aliphatic hydroxyl groups excluding tert-OH is 2. The zero-order valence-corrected chi connectivity index (χ0v) is 27.1. The normalized spacial score (nSPS) is 12.2. The average Bonchev–Trinajstić information content (AvgIpc) is 3.49. The summed E-state index contributed by atoms with van der Waals surface area (Å²) in [4.78, 5) is 28.4. The zero-order valence-electron chi connectivity index (χ0n) is 23.1. The van der Waals surface area contributed by atoms with Crippen LogP contribution in [0.1, 0.15) is 63.6 Å². The first kappa shape index (κ1) is 34.7. The summed E-state index contributed by atoms with van der Waals surface area (Å²) in [6, 6.07) is 9.43. The molecule has 3 N–H and O–H groups in total. The molecular weight excluding hydrogens is 648 g/mol. The maximum Gasteiger partial charge on any atom is 0.308 e. The first-order valence-corrected chi connectivity index (χ1v) is 15.1. The van der Waals surface area contributed by atoms with Gasteiger partial charge >= 0.3 is 5.97 Å².